The van der Waals surface area contributed by atoms with Gasteiger partial charge in [-0.15, -0.1) is 0 Å². The minimum absolute atomic E-state index is 0.00268. The molecule has 4 rings (SSSR count). The first-order chi connectivity index (χ1) is 12.6. The maximum Gasteiger partial charge on any atom is 0.255 e. The van der Waals surface area contributed by atoms with Crippen LogP contribution in [0.2, 0.25) is 5.02 Å². The number of hydrogen-bond donors (Lipinski definition) is 1. The van der Waals surface area contributed by atoms with Crippen molar-refractivity contribution >= 4 is 23.4 Å². The Morgan fingerprint density at radius 2 is 2.12 bits per heavy atom. The number of hydrogen-bond acceptors (Lipinski definition) is 4. The molecule has 134 valence electrons. The number of ether oxygens (including phenoxy) is 1. The number of halogens is 1. The molecule has 0 bridgehead atoms. The molecule has 2 aliphatic rings. The normalized spacial score (nSPS) is 25.3. The highest BCUT2D eigenvalue weighted by atomic mass is 35.5. The smallest absolute Gasteiger partial charge is 0.255 e. The van der Waals surface area contributed by atoms with Gasteiger partial charge in [-0.3, -0.25) is 14.6 Å². The van der Waals surface area contributed by atoms with Gasteiger partial charge >= 0.3 is 0 Å². The van der Waals surface area contributed by atoms with Crippen LogP contribution in [0.15, 0.2) is 48.8 Å². The van der Waals surface area contributed by atoms with Gasteiger partial charge in [-0.2, -0.15) is 0 Å². The topological polar surface area (TPSA) is 71.5 Å². The van der Waals surface area contributed by atoms with Crippen LogP contribution >= 0.6 is 11.6 Å². The fourth-order valence-corrected chi connectivity index (χ4v) is 3.96. The van der Waals surface area contributed by atoms with Crippen LogP contribution in [0.25, 0.3) is 0 Å². The van der Waals surface area contributed by atoms with Crippen molar-refractivity contribution in [2.24, 2.45) is 0 Å². The zero-order chi connectivity index (χ0) is 18.1. The van der Waals surface area contributed by atoms with Gasteiger partial charge in [0.05, 0.1) is 16.1 Å². The first-order valence-corrected chi connectivity index (χ1v) is 8.85. The minimum Gasteiger partial charge on any atom is -0.364 e. The van der Waals surface area contributed by atoms with Crippen molar-refractivity contribution < 1.29 is 14.3 Å². The Labute approximate surface area is 156 Å². The summed E-state index contributed by atoms with van der Waals surface area (Å²) in [6, 6.07) is 11.4. The second kappa shape index (κ2) is 6.70. The second-order valence-corrected chi connectivity index (χ2v) is 6.95. The zero-order valence-corrected chi connectivity index (χ0v) is 14.8. The standard InChI is InChI=1S/C19H18ClN3O3/c20-15-10-21-8-6-14(15)18(25)23-9-7-19(13-4-2-1-3-5-13)16(11-23)26-12-17(24)22-19/h1-6,8,10,16H,7,9,11-12H2,(H,22,24)/t16-,19+/m1/s1. The number of pyridine rings is 1. The zero-order valence-electron chi connectivity index (χ0n) is 14.0. The van der Waals surface area contributed by atoms with Crippen molar-refractivity contribution in [2.75, 3.05) is 19.7 Å². The lowest BCUT2D eigenvalue weighted by atomic mass is 9.77. The van der Waals surface area contributed by atoms with E-state index in [1.807, 2.05) is 30.3 Å². The molecule has 2 amide bonds. The SMILES string of the molecule is O=C1CO[C@@H]2CN(C(=O)c3ccncc3Cl)CC[C@@]2(c2ccccc2)N1. The number of carbonyl (C=O) groups is 2. The van der Waals surface area contributed by atoms with Crippen molar-refractivity contribution in [3.63, 3.8) is 0 Å². The molecule has 0 unspecified atom stereocenters. The largest absolute Gasteiger partial charge is 0.364 e. The number of rotatable bonds is 2. The van der Waals surface area contributed by atoms with E-state index < -0.39 is 5.54 Å². The molecule has 2 saturated heterocycles. The molecule has 2 fully saturated rings. The molecule has 26 heavy (non-hydrogen) atoms. The summed E-state index contributed by atoms with van der Waals surface area (Å²) in [5, 5.41) is 3.45. The number of morpholine rings is 1. The summed E-state index contributed by atoms with van der Waals surface area (Å²) in [4.78, 5) is 30.6. The van der Waals surface area contributed by atoms with Gasteiger partial charge < -0.3 is 15.0 Å². The van der Waals surface area contributed by atoms with Gasteiger partial charge in [0.25, 0.3) is 5.91 Å². The molecule has 0 radical (unpaired) electrons. The van der Waals surface area contributed by atoms with E-state index in [9.17, 15) is 9.59 Å². The monoisotopic (exact) mass is 371 g/mol. The van der Waals surface area contributed by atoms with Gasteiger partial charge in [-0.25, -0.2) is 0 Å². The summed E-state index contributed by atoms with van der Waals surface area (Å²) in [6.45, 7) is 0.872. The van der Waals surface area contributed by atoms with Gasteiger partial charge in [0, 0.05) is 25.5 Å². The number of likely N-dealkylation sites (tertiary alicyclic amines) is 1. The summed E-state index contributed by atoms with van der Waals surface area (Å²) in [7, 11) is 0. The van der Waals surface area contributed by atoms with Crippen LogP contribution in [0.1, 0.15) is 22.3 Å². The van der Waals surface area contributed by atoms with Crippen molar-refractivity contribution in [3.05, 3.63) is 64.9 Å². The third-order valence-corrected chi connectivity index (χ3v) is 5.37. The molecular formula is C19H18ClN3O3. The molecule has 3 heterocycles. The van der Waals surface area contributed by atoms with Crippen molar-refractivity contribution in [1.82, 2.24) is 15.2 Å². The average Bonchev–Trinajstić information content (AvgIpc) is 2.68. The van der Waals surface area contributed by atoms with Crippen LogP contribution in [0.4, 0.5) is 0 Å². The summed E-state index contributed by atoms with van der Waals surface area (Å²) in [6.07, 6.45) is 3.27. The molecule has 0 aliphatic carbocycles. The number of benzene rings is 1. The van der Waals surface area contributed by atoms with E-state index in [0.717, 1.165) is 5.56 Å². The molecule has 2 aromatic rings. The van der Waals surface area contributed by atoms with E-state index in [2.05, 4.69) is 10.3 Å². The molecule has 1 N–H and O–H groups in total. The van der Waals surface area contributed by atoms with Gasteiger partial charge in [-0.05, 0) is 18.1 Å². The summed E-state index contributed by atoms with van der Waals surface area (Å²) < 4.78 is 5.85. The highest BCUT2D eigenvalue weighted by molar-refractivity contribution is 6.33. The van der Waals surface area contributed by atoms with E-state index in [0.29, 0.717) is 30.1 Å². The lowest BCUT2D eigenvalue weighted by Gasteiger charge is -2.50. The van der Waals surface area contributed by atoms with Gasteiger partial charge in [0.2, 0.25) is 5.91 Å². The second-order valence-electron chi connectivity index (χ2n) is 6.54. The molecule has 0 spiro atoms. The van der Waals surface area contributed by atoms with E-state index in [4.69, 9.17) is 16.3 Å². The predicted octanol–water partition coefficient (Wildman–Crippen LogP) is 1.99. The Hall–Kier alpha value is -2.44. The molecule has 7 heteroatoms. The lowest BCUT2D eigenvalue weighted by Crippen LogP contribution is -2.67. The Morgan fingerprint density at radius 1 is 1.31 bits per heavy atom. The first-order valence-electron chi connectivity index (χ1n) is 8.47. The number of fused-ring (bicyclic) bond motifs is 1. The van der Waals surface area contributed by atoms with Crippen LogP contribution in [0.5, 0.6) is 0 Å². The van der Waals surface area contributed by atoms with Crippen molar-refractivity contribution in [2.45, 2.75) is 18.1 Å². The van der Waals surface area contributed by atoms with Crippen LogP contribution in [0, 0.1) is 0 Å². The number of aromatic nitrogens is 1. The summed E-state index contributed by atoms with van der Waals surface area (Å²) in [5.74, 6) is -0.290. The highest BCUT2D eigenvalue weighted by Gasteiger charge is 2.49. The van der Waals surface area contributed by atoms with Gasteiger partial charge in [0.1, 0.15) is 12.7 Å². The van der Waals surface area contributed by atoms with Gasteiger partial charge in [0.15, 0.2) is 0 Å². The van der Waals surface area contributed by atoms with E-state index in [1.165, 1.54) is 6.20 Å². The number of amides is 2. The molecule has 1 aromatic heterocycles. The number of piperidine rings is 1. The number of carbonyl (C=O) groups excluding carboxylic acids is 2. The molecular weight excluding hydrogens is 354 g/mol. The molecule has 2 atom stereocenters. The van der Waals surface area contributed by atoms with E-state index in [-0.39, 0.29) is 24.5 Å². The van der Waals surface area contributed by atoms with Crippen LogP contribution < -0.4 is 5.32 Å². The minimum atomic E-state index is -0.616. The average molecular weight is 372 g/mol. The Balaban J connectivity index is 1.63. The quantitative estimate of drug-likeness (QED) is 0.876. The van der Waals surface area contributed by atoms with Crippen LogP contribution in [-0.2, 0) is 15.1 Å². The fourth-order valence-electron chi connectivity index (χ4n) is 3.76. The third kappa shape index (κ3) is 2.85. The highest BCUT2D eigenvalue weighted by Crippen LogP contribution is 2.37. The molecule has 6 nitrogen and oxygen atoms in total. The Morgan fingerprint density at radius 3 is 2.88 bits per heavy atom. The van der Waals surface area contributed by atoms with Crippen LogP contribution in [0.3, 0.4) is 0 Å². The van der Waals surface area contributed by atoms with E-state index in [1.54, 1.807) is 17.2 Å². The third-order valence-electron chi connectivity index (χ3n) is 5.07. The number of nitrogens with zero attached hydrogens (tertiary/aromatic N) is 2. The summed E-state index contributed by atoms with van der Waals surface area (Å²) in [5.41, 5.74) is 0.802. The van der Waals surface area contributed by atoms with Gasteiger partial charge in [-0.1, -0.05) is 41.9 Å². The Kier molecular flexibility index (Phi) is 4.38. The predicted molar refractivity (Wildman–Crippen MR) is 95.8 cm³/mol. The number of nitrogens with one attached hydrogen (secondary N) is 1. The first kappa shape index (κ1) is 17.0. The Bertz CT molecular complexity index is 845. The fraction of sp³-hybridized carbons (Fsp3) is 0.316. The summed E-state index contributed by atoms with van der Waals surface area (Å²) >= 11 is 6.12. The molecule has 2 aliphatic heterocycles. The maximum absolute atomic E-state index is 12.9. The van der Waals surface area contributed by atoms with Crippen LogP contribution in [-0.4, -0.2) is 47.5 Å². The van der Waals surface area contributed by atoms with E-state index >= 15 is 0 Å². The van der Waals surface area contributed by atoms with Crippen molar-refractivity contribution in [3.8, 4) is 0 Å². The molecule has 0 saturated carbocycles. The van der Waals surface area contributed by atoms with Crippen molar-refractivity contribution in [1.29, 1.82) is 0 Å². The maximum atomic E-state index is 12.9. The molecule has 1 aromatic carbocycles. The lowest BCUT2D eigenvalue weighted by molar-refractivity contribution is -0.150.